The van der Waals surface area contributed by atoms with Crippen molar-refractivity contribution in [2.24, 2.45) is 5.92 Å². The predicted molar refractivity (Wildman–Crippen MR) is 134 cm³/mol. The summed E-state index contributed by atoms with van der Waals surface area (Å²) in [6, 6.07) is 14.9. The molecule has 0 spiro atoms. The third-order valence-corrected chi connectivity index (χ3v) is 6.20. The Balaban J connectivity index is 0.000000335. The lowest BCUT2D eigenvalue weighted by Gasteiger charge is -2.26. The molecule has 1 fully saturated rings. The largest absolute Gasteiger partial charge is 0.338 e. The lowest BCUT2D eigenvalue weighted by atomic mass is 10.0. The SMILES string of the molecule is CCCC(C)CN(CCC)C(=O)c1cccc2ccccc12.CC[C@H]1CC(S)CN1. The van der Waals surface area contributed by atoms with E-state index < -0.39 is 0 Å². The fourth-order valence-electron chi connectivity index (χ4n) is 4.20. The third-order valence-electron chi connectivity index (χ3n) is 5.81. The summed E-state index contributed by atoms with van der Waals surface area (Å²) in [5.41, 5.74) is 0.829. The highest BCUT2D eigenvalue weighted by Gasteiger charge is 2.19. The van der Waals surface area contributed by atoms with Gasteiger partial charge in [-0.15, -0.1) is 0 Å². The number of hydrogen-bond donors (Lipinski definition) is 2. The topological polar surface area (TPSA) is 32.3 Å². The van der Waals surface area contributed by atoms with Crippen LogP contribution in [0.4, 0.5) is 0 Å². The minimum atomic E-state index is 0.168. The maximum Gasteiger partial charge on any atom is 0.254 e. The number of thiol groups is 1. The van der Waals surface area contributed by atoms with Gasteiger partial charge in [0.05, 0.1) is 0 Å². The molecule has 1 N–H and O–H groups in total. The van der Waals surface area contributed by atoms with Gasteiger partial charge in [-0.3, -0.25) is 4.79 Å². The van der Waals surface area contributed by atoms with Crippen LogP contribution in [0.2, 0.25) is 0 Å². The van der Waals surface area contributed by atoms with Crippen molar-refractivity contribution in [2.75, 3.05) is 19.6 Å². The zero-order valence-corrected chi connectivity index (χ0v) is 20.1. The minimum Gasteiger partial charge on any atom is -0.338 e. The van der Waals surface area contributed by atoms with Gasteiger partial charge in [-0.25, -0.2) is 0 Å². The molecule has 1 heterocycles. The van der Waals surface area contributed by atoms with E-state index in [-0.39, 0.29) is 5.91 Å². The lowest BCUT2D eigenvalue weighted by molar-refractivity contribution is 0.0731. The summed E-state index contributed by atoms with van der Waals surface area (Å²) < 4.78 is 0. The molecule has 1 saturated heterocycles. The normalized spacial score (nSPS) is 19.2. The van der Waals surface area contributed by atoms with E-state index in [1.807, 2.05) is 35.2 Å². The van der Waals surface area contributed by atoms with Crippen LogP contribution < -0.4 is 5.32 Å². The molecule has 3 nitrogen and oxygen atoms in total. The van der Waals surface area contributed by atoms with Crippen LogP contribution in [0, 0.1) is 5.92 Å². The zero-order valence-electron chi connectivity index (χ0n) is 19.2. The van der Waals surface area contributed by atoms with Crippen LogP contribution >= 0.6 is 12.6 Å². The molecule has 166 valence electrons. The fraction of sp³-hybridized carbons (Fsp3) is 0.577. The highest BCUT2D eigenvalue weighted by atomic mass is 32.1. The first-order chi connectivity index (χ1) is 14.5. The Labute approximate surface area is 189 Å². The predicted octanol–water partition coefficient (Wildman–Crippen LogP) is 6.18. The second-order valence-corrected chi connectivity index (χ2v) is 9.30. The number of nitrogens with zero attached hydrogens (tertiary/aromatic N) is 1. The average Bonchev–Trinajstić information content (AvgIpc) is 3.18. The standard InChI is InChI=1S/C20H27NO.C6H13NS/c1-4-9-16(3)15-21(14-5-2)20(22)19-13-8-11-17-10-6-7-12-18(17)19;1-2-5-3-6(8)4-7-5/h6-8,10-13,16H,4-5,9,14-15H2,1-3H3;5-8H,2-4H2,1H3/t;5-,6?/m.0/s1. The van der Waals surface area contributed by atoms with Gasteiger partial charge < -0.3 is 10.2 Å². The Morgan fingerprint density at radius 1 is 1.13 bits per heavy atom. The van der Waals surface area contributed by atoms with E-state index in [4.69, 9.17) is 0 Å². The van der Waals surface area contributed by atoms with E-state index in [0.717, 1.165) is 48.4 Å². The average molecular weight is 429 g/mol. The Hall–Kier alpha value is -1.52. The Bertz CT molecular complexity index is 773. The van der Waals surface area contributed by atoms with E-state index in [1.54, 1.807) is 0 Å². The van der Waals surface area contributed by atoms with Crippen LogP contribution in [-0.2, 0) is 0 Å². The number of benzene rings is 2. The van der Waals surface area contributed by atoms with Gasteiger partial charge in [-0.2, -0.15) is 12.6 Å². The Morgan fingerprint density at radius 3 is 2.47 bits per heavy atom. The molecule has 0 aliphatic carbocycles. The van der Waals surface area contributed by atoms with Crippen molar-refractivity contribution in [3.8, 4) is 0 Å². The van der Waals surface area contributed by atoms with Gasteiger partial charge in [0.1, 0.15) is 0 Å². The number of carbonyl (C=O) groups is 1. The van der Waals surface area contributed by atoms with Crippen molar-refractivity contribution in [2.45, 2.75) is 71.1 Å². The van der Waals surface area contributed by atoms with Gasteiger partial charge in [0, 0.05) is 36.5 Å². The van der Waals surface area contributed by atoms with Crippen molar-refractivity contribution in [3.63, 3.8) is 0 Å². The maximum atomic E-state index is 13.0. The smallest absolute Gasteiger partial charge is 0.254 e. The third kappa shape index (κ3) is 7.31. The van der Waals surface area contributed by atoms with Crippen LogP contribution in [0.5, 0.6) is 0 Å². The van der Waals surface area contributed by atoms with Gasteiger partial charge >= 0.3 is 0 Å². The molecule has 0 radical (unpaired) electrons. The van der Waals surface area contributed by atoms with Crippen molar-refractivity contribution in [3.05, 3.63) is 48.0 Å². The van der Waals surface area contributed by atoms with Crippen LogP contribution in [0.25, 0.3) is 10.8 Å². The first kappa shape index (κ1) is 24.7. The van der Waals surface area contributed by atoms with Gasteiger partial charge in [0.15, 0.2) is 0 Å². The minimum absolute atomic E-state index is 0.168. The number of hydrogen-bond acceptors (Lipinski definition) is 3. The second kappa shape index (κ2) is 13.0. The van der Waals surface area contributed by atoms with Crippen molar-refractivity contribution >= 4 is 29.3 Å². The molecule has 2 aromatic carbocycles. The Morgan fingerprint density at radius 2 is 1.87 bits per heavy atom. The summed E-state index contributed by atoms with van der Waals surface area (Å²) in [6.45, 7) is 11.6. The number of amides is 1. The number of rotatable bonds is 8. The molecule has 1 aliphatic rings. The highest BCUT2D eigenvalue weighted by Crippen LogP contribution is 2.21. The van der Waals surface area contributed by atoms with Gasteiger partial charge in [0.25, 0.3) is 5.91 Å². The summed E-state index contributed by atoms with van der Waals surface area (Å²) in [6.07, 6.45) is 5.83. The zero-order chi connectivity index (χ0) is 21.9. The highest BCUT2D eigenvalue weighted by molar-refractivity contribution is 7.81. The quantitative estimate of drug-likeness (QED) is 0.492. The summed E-state index contributed by atoms with van der Waals surface area (Å²) in [4.78, 5) is 15.0. The van der Waals surface area contributed by atoms with E-state index >= 15 is 0 Å². The van der Waals surface area contributed by atoms with Gasteiger partial charge in [-0.1, -0.05) is 70.5 Å². The monoisotopic (exact) mass is 428 g/mol. The van der Waals surface area contributed by atoms with Crippen LogP contribution in [-0.4, -0.2) is 41.7 Å². The number of nitrogens with one attached hydrogen (secondary N) is 1. The molecule has 2 aromatic rings. The van der Waals surface area contributed by atoms with Crippen molar-refractivity contribution < 1.29 is 4.79 Å². The van der Waals surface area contributed by atoms with Gasteiger partial charge in [-0.05, 0) is 48.4 Å². The molecule has 0 bridgehead atoms. The molecular formula is C26H40N2OS. The fourth-order valence-corrected chi connectivity index (χ4v) is 4.56. The molecule has 4 heteroatoms. The van der Waals surface area contributed by atoms with E-state index in [1.165, 1.54) is 25.7 Å². The molecule has 1 aliphatic heterocycles. The molecule has 0 aromatic heterocycles. The summed E-state index contributed by atoms with van der Waals surface area (Å²) in [5, 5.41) is 6.18. The first-order valence-corrected chi connectivity index (χ1v) is 12.2. The van der Waals surface area contributed by atoms with Gasteiger partial charge in [0.2, 0.25) is 0 Å². The van der Waals surface area contributed by atoms with E-state index in [9.17, 15) is 4.79 Å². The first-order valence-electron chi connectivity index (χ1n) is 11.7. The molecule has 3 rings (SSSR count). The summed E-state index contributed by atoms with van der Waals surface area (Å²) in [7, 11) is 0. The van der Waals surface area contributed by atoms with Crippen LogP contribution in [0.15, 0.2) is 42.5 Å². The second-order valence-electron chi connectivity index (χ2n) is 8.57. The summed E-state index contributed by atoms with van der Waals surface area (Å²) in [5.74, 6) is 0.720. The molecule has 30 heavy (non-hydrogen) atoms. The lowest BCUT2D eigenvalue weighted by Crippen LogP contribution is -2.35. The van der Waals surface area contributed by atoms with Crippen LogP contribution in [0.3, 0.4) is 0 Å². The number of fused-ring (bicyclic) bond motifs is 1. The summed E-state index contributed by atoms with van der Waals surface area (Å²) >= 11 is 4.34. The van der Waals surface area contributed by atoms with E-state index in [0.29, 0.717) is 11.2 Å². The maximum absolute atomic E-state index is 13.0. The van der Waals surface area contributed by atoms with E-state index in [2.05, 4.69) is 57.8 Å². The molecule has 2 unspecified atom stereocenters. The van der Waals surface area contributed by atoms with Crippen LogP contribution in [0.1, 0.15) is 70.2 Å². The molecule has 3 atom stereocenters. The Kier molecular flexibility index (Phi) is 10.7. The number of carbonyl (C=O) groups excluding carboxylic acids is 1. The molecular weight excluding hydrogens is 388 g/mol. The van der Waals surface area contributed by atoms with Crippen molar-refractivity contribution in [1.82, 2.24) is 10.2 Å². The van der Waals surface area contributed by atoms with Crippen molar-refractivity contribution in [1.29, 1.82) is 0 Å². The molecule has 1 amide bonds. The molecule has 0 saturated carbocycles.